The van der Waals surface area contributed by atoms with Crippen LogP contribution in [0.15, 0.2) is 11.8 Å². The minimum absolute atomic E-state index is 0.628. The summed E-state index contributed by atoms with van der Waals surface area (Å²) >= 11 is 0. The van der Waals surface area contributed by atoms with Crippen molar-refractivity contribution in [3.05, 3.63) is 11.8 Å². The molecule has 1 aliphatic carbocycles. The molecule has 0 heterocycles. The molecule has 0 aromatic carbocycles. The first-order valence-corrected chi connectivity index (χ1v) is 5.22. The van der Waals surface area contributed by atoms with Gasteiger partial charge in [-0.15, -0.1) is 0 Å². The van der Waals surface area contributed by atoms with Gasteiger partial charge in [-0.1, -0.05) is 26.2 Å². The van der Waals surface area contributed by atoms with Gasteiger partial charge in [0.2, 0.25) is 0 Å². The molecule has 1 nitrogen and oxygen atoms in total. The summed E-state index contributed by atoms with van der Waals surface area (Å²) in [4.78, 5) is 0. The number of aliphatic hydroxyl groups is 1. The predicted molar refractivity (Wildman–Crippen MR) is 52.2 cm³/mol. The van der Waals surface area contributed by atoms with Gasteiger partial charge in [0.25, 0.3) is 0 Å². The summed E-state index contributed by atoms with van der Waals surface area (Å²) in [6, 6.07) is 0. The Morgan fingerprint density at radius 2 is 2.33 bits per heavy atom. The van der Waals surface area contributed by atoms with Crippen molar-refractivity contribution in [1.29, 1.82) is 0 Å². The third kappa shape index (κ3) is 3.29. The molecule has 70 valence electrons. The van der Waals surface area contributed by atoms with E-state index in [1.807, 2.05) is 0 Å². The molecule has 1 atom stereocenters. The lowest BCUT2D eigenvalue weighted by Gasteiger charge is -2.17. The number of hydrogen-bond acceptors (Lipinski definition) is 1. The Morgan fingerprint density at radius 1 is 1.50 bits per heavy atom. The Labute approximate surface area is 75.5 Å². The molecule has 1 N–H and O–H groups in total. The Hall–Kier alpha value is -0.460. The van der Waals surface area contributed by atoms with E-state index in [1.54, 1.807) is 0 Å². The molecular formula is C11H20O. The highest BCUT2D eigenvalue weighted by Crippen LogP contribution is 2.25. The van der Waals surface area contributed by atoms with Crippen LogP contribution in [0.4, 0.5) is 0 Å². The zero-order valence-corrected chi connectivity index (χ0v) is 8.05. The van der Waals surface area contributed by atoms with E-state index in [4.69, 9.17) is 0 Å². The van der Waals surface area contributed by atoms with Crippen LogP contribution in [0, 0.1) is 5.92 Å². The summed E-state index contributed by atoms with van der Waals surface area (Å²) in [5, 5.41) is 9.30. The van der Waals surface area contributed by atoms with E-state index in [0.29, 0.717) is 11.7 Å². The smallest absolute Gasteiger partial charge is 0.0885 e. The molecule has 0 amide bonds. The van der Waals surface area contributed by atoms with E-state index >= 15 is 0 Å². The van der Waals surface area contributed by atoms with Gasteiger partial charge in [0, 0.05) is 6.42 Å². The largest absolute Gasteiger partial charge is 0.513 e. The van der Waals surface area contributed by atoms with Crippen LogP contribution in [0.2, 0.25) is 0 Å². The van der Waals surface area contributed by atoms with Crippen molar-refractivity contribution in [2.45, 2.75) is 51.9 Å². The SMILES string of the molecule is CCCCCC1C=C(O)CCC1. The van der Waals surface area contributed by atoms with Gasteiger partial charge < -0.3 is 5.11 Å². The molecule has 0 aliphatic heterocycles. The van der Waals surface area contributed by atoms with Crippen LogP contribution in [0.25, 0.3) is 0 Å². The molecule has 0 spiro atoms. The summed E-state index contributed by atoms with van der Waals surface area (Å²) in [5.74, 6) is 1.30. The highest BCUT2D eigenvalue weighted by Gasteiger charge is 2.11. The van der Waals surface area contributed by atoms with E-state index in [-0.39, 0.29) is 0 Å². The summed E-state index contributed by atoms with van der Waals surface area (Å²) in [6.07, 6.45) is 10.7. The molecular weight excluding hydrogens is 148 g/mol. The molecule has 0 saturated carbocycles. The molecule has 1 unspecified atom stereocenters. The topological polar surface area (TPSA) is 20.2 Å². The molecule has 0 aromatic rings. The highest BCUT2D eigenvalue weighted by atomic mass is 16.3. The number of aliphatic hydroxyl groups excluding tert-OH is 1. The summed E-state index contributed by atoms with van der Waals surface area (Å²) in [7, 11) is 0. The molecule has 0 fully saturated rings. The van der Waals surface area contributed by atoms with E-state index in [9.17, 15) is 5.11 Å². The van der Waals surface area contributed by atoms with Crippen LogP contribution < -0.4 is 0 Å². The van der Waals surface area contributed by atoms with Crippen LogP contribution in [-0.4, -0.2) is 5.11 Å². The van der Waals surface area contributed by atoms with Gasteiger partial charge >= 0.3 is 0 Å². The third-order valence-electron chi connectivity index (χ3n) is 2.61. The van der Waals surface area contributed by atoms with Gasteiger partial charge in [0.1, 0.15) is 0 Å². The van der Waals surface area contributed by atoms with Gasteiger partial charge in [0.15, 0.2) is 0 Å². The van der Waals surface area contributed by atoms with E-state index in [0.717, 1.165) is 6.42 Å². The maximum Gasteiger partial charge on any atom is 0.0885 e. The van der Waals surface area contributed by atoms with Crippen LogP contribution >= 0.6 is 0 Å². The Balaban J connectivity index is 2.18. The second-order valence-electron chi connectivity index (χ2n) is 3.81. The highest BCUT2D eigenvalue weighted by molar-refractivity contribution is 4.99. The maximum atomic E-state index is 9.30. The van der Waals surface area contributed by atoms with Crippen LogP contribution in [0.3, 0.4) is 0 Å². The van der Waals surface area contributed by atoms with Gasteiger partial charge in [0.05, 0.1) is 5.76 Å². The number of allylic oxidation sites excluding steroid dienone is 2. The third-order valence-corrected chi connectivity index (χ3v) is 2.61. The first-order valence-electron chi connectivity index (χ1n) is 5.22. The second kappa shape index (κ2) is 5.23. The van der Waals surface area contributed by atoms with E-state index in [2.05, 4.69) is 13.0 Å². The zero-order chi connectivity index (χ0) is 8.81. The van der Waals surface area contributed by atoms with E-state index in [1.165, 1.54) is 38.5 Å². The van der Waals surface area contributed by atoms with Crippen LogP contribution in [0.1, 0.15) is 51.9 Å². The molecule has 1 aliphatic rings. The monoisotopic (exact) mass is 168 g/mol. The molecule has 0 aromatic heterocycles. The first kappa shape index (κ1) is 9.63. The minimum atomic E-state index is 0.628. The number of unbranched alkanes of at least 4 members (excludes halogenated alkanes) is 2. The average Bonchev–Trinajstić information content (AvgIpc) is 2.05. The fourth-order valence-corrected chi connectivity index (χ4v) is 1.87. The van der Waals surface area contributed by atoms with Gasteiger partial charge in [-0.3, -0.25) is 0 Å². The molecule has 0 bridgehead atoms. The van der Waals surface area contributed by atoms with Crippen molar-refractivity contribution in [2.75, 3.05) is 0 Å². The quantitative estimate of drug-likeness (QED) is 0.633. The normalized spacial score (nSPS) is 23.8. The van der Waals surface area contributed by atoms with Crippen molar-refractivity contribution < 1.29 is 5.11 Å². The summed E-state index contributed by atoms with van der Waals surface area (Å²) < 4.78 is 0. The molecule has 1 heteroatoms. The fourth-order valence-electron chi connectivity index (χ4n) is 1.87. The maximum absolute atomic E-state index is 9.30. The van der Waals surface area contributed by atoms with Crippen molar-refractivity contribution in [1.82, 2.24) is 0 Å². The van der Waals surface area contributed by atoms with Gasteiger partial charge in [-0.25, -0.2) is 0 Å². The van der Waals surface area contributed by atoms with Crippen molar-refractivity contribution in [2.24, 2.45) is 5.92 Å². The Morgan fingerprint density at radius 3 is 3.00 bits per heavy atom. The summed E-state index contributed by atoms with van der Waals surface area (Å²) in [5.41, 5.74) is 0. The lowest BCUT2D eigenvalue weighted by Crippen LogP contribution is -2.04. The summed E-state index contributed by atoms with van der Waals surface area (Å²) in [6.45, 7) is 2.23. The van der Waals surface area contributed by atoms with Crippen LogP contribution in [-0.2, 0) is 0 Å². The Kier molecular flexibility index (Phi) is 4.20. The molecule has 1 rings (SSSR count). The van der Waals surface area contributed by atoms with Gasteiger partial charge in [-0.2, -0.15) is 0 Å². The van der Waals surface area contributed by atoms with Crippen molar-refractivity contribution in [3.8, 4) is 0 Å². The lowest BCUT2D eigenvalue weighted by atomic mass is 9.90. The standard InChI is InChI=1S/C11H20O/c1-2-3-4-6-10-7-5-8-11(12)9-10/h9-10,12H,2-8H2,1H3. The van der Waals surface area contributed by atoms with Crippen molar-refractivity contribution in [3.63, 3.8) is 0 Å². The molecule has 0 saturated heterocycles. The fraction of sp³-hybridized carbons (Fsp3) is 0.818. The predicted octanol–water partition coefficient (Wildman–Crippen LogP) is 3.81. The first-order chi connectivity index (χ1) is 5.83. The molecule has 0 radical (unpaired) electrons. The van der Waals surface area contributed by atoms with Gasteiger partial charge in [-0.05, 0) is 31.3 Å². The molecule has 12 heavy (non-hydrogen) atoms. The van der Waals surface area contributed by atoms with Crippen LogP contribution in [0.5, 0.6) is 0 Å². The number of hydrogen-bond donors (Lipinski definition) is 1. The Bertz CT molecular complexity index is 149. The van der Waals surface area contributed by atoms with Crippen molar-refractivity contribution >= 4 is 0 Å². The minimum Gasteiger partial charge on any atom is -0.513 e. The second-order valence-corrected chi connectivity index (χ2v) is 3.81. The zero-order valence-electron chi connectivity index (χ0n) is 8.05. The average molecular weight is 168 g/mol. The number of rotatable bonds is 4. The van der Waals surface area contributed by atoms with E-state index < -0.39 is 0 Å². The lowest BCUT2D eigenvalue weighted by molar-refractivity contribution is 0.339.